The summed E-state index contributed by atoms with van der Waals surface area (Å²) in [6.07, 6.45) is 0.268. The van der Waals surface area contributed by atoms with E-state index in [1.807, 2.05) is 42.5 Å². The van der Waals surface area contributed by atoms with Crippen LogP contribution in [0.3, 0.4) is 0 Å². The number of Topliss-reactive ketones (excluding diaryl/α,β-unsaturated/α-hetero) is 3. The number of hydrogen-bond donors (Lipinski definition) is 0. The lowest BCUT2D eigenvalue weighted by Crippen LogP contribution is -2.38. The van der Waals surface area contributed by atoms with Crippen molar-refractivity contribution in [2.45, 2.75) is 33.6 Å². The zero-order chi connectivity index (χ0) is 17.7. The Morgan fingerprint density at radius 1 is 0.792 bits per heavy atom. The Balaban J connectivity index is 2.24. The number of ketones is 3. The highest BCUT2D eigenvalue weighted by Crippen LogP contribution is 2.31. The van der Waals surface area contributed by atoms with Gasteiger partial charge in [0.15, 0.2) is 5.78 Å². The van der Waals surface area contributed by atoms with Crippen LogP contribution in [0.5, 0.6) is 0 Å². The normalized spacial score (nSPS) is 11.1. The van der Waals surface area contributed by atoms with Gasteiger partial charge in [-0.3, -0.25) is 14.4 Å². The fourth-order valence-electron chi connectivity index (χ4n) is 2.98. The highest BCUT2D eigenvalue weighted by molar-refractivity contribution is 6.10. The van der Waals surface area contributed by atoms with Crippen molar-refractivity contribution < 1.29 is 14.4 Å². The number of benzene rings is 2. The average molecular weight is 322 g/mol. The van der Waals surface area contributed by atoms with Crippen molar-refractivity contribution in [3.8, 4) is 11.1 Å². The summed E-state index contributed by atoms with van der Waals surface area (Å²) in [5, 5.41) is 0. The fraction of sp³-hybridized carbons (Fsp3) is 0.286. The van der Waals surface area contributed by atoms with Gasteiger partial charge in [-0.1, -0.05) is 61.5 Å². The zero-order valence-corrected chi connectivity index (χ0v) is 14.3. The molecule has 0 aliphatic carbocycles. The monoisotopic (exact) mass is 322 g/mol. The van der Waals surface area contributed by atoms with Crippen molar-refractivity contribution in [2.24, 2.45) is 5.41 Å². The molecule has 0 unspecified atom stereocenters. The van der Waals surface area contributed by atoms with Gasteiger partial charge >= 0.3 is 0 Å². The van der Waals surface area contributed by atoms with E-state index >= 15 is 0 Å². The van der Waals surface area contributed by atoms with Crippen LogP contribution in [-0.2, 0) is 9.59 Å². The van der Waals surface area contributed by atoms with Gasteiger partial charge in [0.05, 0.1) is 5.41 Å². The van der Waals surface area contributed by atoms with Crippen LogP contribution < -0.4 is 0 Å². The summed E-state index contributed by atoms with van der Waals surface area (Å²) in [5.74, 6) is -0.666. The Morgan fingerprint density at radius 3 is 1.75 bits per heavy atom. The van der Waals surface area contributed by atoms with Crippen LogP contribution in [0.25, 0.3) is 11.1 Å². The molecule has 0 fully saturated rings. The first-order valence-corrected chi connectivity index (χ1v) is 8.11. The number of carbonyl (C=O) groups excluding carboxylic acids is 3. The van der Waals surface area contributed by atoms with Gasteiger partial charge in [-0.15, -0.1) is 0 Å². The van der Waals surface area contributed by atoms with Crippen LogP contribution in [0.2, 0.25) is 0 Å². The summed E-state index contributed by atoms with van der Waals surface area (Å²) in [6, 6.07) is 17.2. The Hall–Kier alpha value is -2.55. The van der Waals surface area contributed by atoms with E-state index in [1.165, 1.54) is 13.8 Å². The molecule has 3 nitrogen and oxygen atoms in total. The summed E-state index contributed by atoms with van der Waals surface area (Å²) in [5.41, 5.74) is 1.42. The third kappa shape index (κ3) is 3.51. The third-order valence-electron chi connectivity index (χ3n) is 4.73. The van der Waals surface area contributed by atoms with Gasteiger partial charge in [-0.2, -0.15) is 0 Å². The Labute approximate surface area is 142 Å². The van der Waals surface area contributed by atoms with Gasteiger partial charge in [0.25, 0.3) is 0 Å². The Morgan fingerprint density at radius 2 is 1.29 bits per heavy atom. The minimum Gasteiger partial charge on any atom is -0.299 e. The number of rotatable bonds is 7. The highest BCUT2D eigenvalue weighted by atomic mass is 16.2. The third-order valence-corrected chi connectivity index (χ3v) is 4.73. The van der Waals surface area contributed by atoms with Crippen LogP contribution in [0, 0.1) is 5.41 Å². The lowest BCUT2D eigenvalue weighted by atomic mass is 9.73. The van der Waals surface area contributed by atoms with Gasteiger partial charge in [0.2, 0.25) is 0 Å². The molecular formula is C21H22O3. The van der Waals surface area contributed by atoms with E-state index in [4.69, 9.17) is 0 Å². The first-order valence-electron chi connectivity index (χ1n) is 8.11. The van der Waals surface area contributed by atoms with E-state index in [2.05, 4.69) is 0 Å². The molecule has 0 aliphatic heterocycles. The van der Waals surface area contributed by atoms with Gasteiger partial charge in [0.1, 0.15) is 11.6 Å². The van der Waals surface area contributed by atoms with Crippen molar-refractivity contribution in [1.29, 1.82) is 0 Å². The lowest BCUT2D eigenvalue weighted by Gasteiger charge is -2.26. The lowest BCUT2D eigenvalue weighted by molar-refractivity contribution is -0.138. The molecule has 2 aromatic carbocycles. The zero-order valence-electron chi connectivity index (χ0n) is 14.3. The topological polar surface area (TPSA) is 51.2 Å². The molecule has 0 amide bonds. The molecule has 0 heterocycles. The second-order valence-electron chi connectivity index (χ2n) is 6.09. The van der Waals surface area contributed by atoms with Gasteiger partial charge in [-0.25, -0.2) is 0 Å². The molecule has 0 radical (unpaired) electrons. The van der Waals surface area contributed by atoms with Crippen molar-refractivity contribution in [1.82, 2.24) is 0 Å². The van der Waals surface area contributed by atoms with Crippen molar-refractivity contribution in [3.05, 3.63) is 60.2 Å². The summed E-state index contributed by atoms with van der Waals surface area (Å²) in [7, 11) is 0. The molecule has 124 valence electrons. The second-order valence-corrected chi connectivity index (χ2v) is 6.09. The predicted octanol–water partition coefficient (Wildman–Crippen LogP) is 4.50. The molecule has 3 heteroatoms. The molecule has 24 heavy (non-hydrogen) atoms. The van der Waals surface area contributed by atoms with Crippen LogP contribution >= 0.6 is 0 Å². The molecule has 0 aromatic heterocycles. The maximum atomic E-state index is 12.6. The van der Waals surface area contributed by atoms with E-state index in [-0.39, 0.29) is 23.8 Å². The Kier molecular flexibility index (Phi) is 5.45. The van der Waals surface area contributed by atoms with Crippen LogP contribution in [0.4, 0.5) is 0 Å². The fourth-order valence-corrected chi connectivity index (χ4v) is 2.98. The van der Waals surface area contributed by atoms with Gasteiger partial charge in [-0.05, 0) is 31.4 Å². The van der Waals surface area contributed by atoms with Crippen LogP contribution in [0.1, 0.15) is 44.0 Å². The highest BCUT2D eigenvalue weighted by Gasteiger charge is 2.40. The van der Waals surface area contributed by atoms with Crippen LogP contribution in [-0.4, -0.2) is 17.3 Å². The van der Waals surface area contributed by atoms with Gasteiger partial charge < -0.3 is 0 Å². The van der Waals surface area contributed by atoms with Gasteiger partial charge in [0, 0.05) is 12.0 Å². The molecule has 0 atom stereocenters. The molecule has 2 aromatic rings. The van der Waals surface area contributed by atoms with E-state index in [0.29, 0.717) is 12.0 Å². The van der Waals surface area contributed by atoms with E-state index in [9.17, 15) is 14.4 Å². The predicted molar refractivity (Wildman–Crippen MR) is 94.9 cm³/mol. The molecule has 0 aliphatic rings. The molecule has 0 spiro atoms. The maximum Gasteiger partial charge on any atom is 0.164 e. The van der Waals surface area contributed by atoms with Crippen molar-refractivity contribution in [2.75, 3.05) is 0 Å². The van der Waals surface area contributed by atoms with E-state index in [1.54, 1.807) is 19.1 Å². The Bertz CT molecular complexity index is 728. The maximum absolute atomic E-state index is 12.6. The minimum absolute atomic E-state index is 0.0706. The minimum atomic E-state index is -1.20. The first-order chi connectivity index (χ1) is 11.4. The summed E-state index contributed by atoms with van der Waals surface area (Å²) in [4.78, 5) is 36.5. The summed E-state index contributed by atoms with van der Waals surface area (Å²) in [6.45, 7) is 4.54. The quantitative estimate of drug-likeness (QED) is 0.557. The molecule has 0 saturated heterocycles. The van der Waals surface area contributed by atoms with Crippen molar-refractivity contribution in [3.63, 3.8) is 0 Å². The molecule has 0 bridgehead atoms. The summed E-state index contributed by atoms with van der Waals surface area (Å²) < 4.78 is 0. The van der Waals surface area contributed by atoms with Crippen molar-refractivity contribution >= 4 is 17.3 Å². The molecule has 0 N–H and O–H groups in total. The number of hydrogen-bond acceptors (Lipinski definition) is 3. The SMILES string of the molecule is CCC(CC(=O)c1ccc(-c2ccccc2)cc1)(C(C)=O)C(C)=O. The largest absolute Gasteiger partial charge is 0.299 e. The van der Waals surface area contributed by atoms with Crippen LogP contribution in [0.15, 0.2) is 54.6 Å². The van der Waals surface area contributed by atoms with E-state index < -0.39 is 5.41 Å². The second kappa shape index (κ2) is 7.35. The smallest absolute Gasteiger partial charge is 0.164 e. The summed E-state index contributed by atoms with van der Waals surface area (Å²) >= 11 is 0. The standard InChI is InChI=1S/C21H22O3/c1-4-21(15(2)22,16(3)23)14-20(24)19-12-10-18(11-13-19)17-8-6-5-7-9-17/h5-13H,4,14H2,1-3H3. The number of carbonyl (C=O) groups is 3. The molecular weight excluding hydrogens is 300 g/mol. The first kappa shape index (κ1) is 17.8. The molecule has 0 saturated carbocycles. The average Bonchev–Trinajstić information content (AvgIpc) is 2.59. The molecule has 2 rings (SSSR count). The van der Waals surface area contributed by atoms with E-state index in [0.717, 1.165) is 11.1 Å².